The fourth-order valence-corrected chi connectivity index (χ4v) is 1.88. The normalized spacial score (nSPS) is 10.8. The van der Waals surface area contributed by atoms with Gasteiger partial charge in [0.05, 0.1) is 11.9 Å². The summed E-state index contributed by atoms with van der Waals surface area (Å²) in [7, 11) is 0. The summed E-state index contributed by atoms with van der Waals surface area (Å²) in [6.07, 6.45) is 1.34. The van der Waals surface area contributed by atoms with Gasteiger partial charge in [0.25, 0.3) is 0 Å². The number of carboxylic acid groups (broad SMARTS) is 1. The van der Waals surface area contributed by atoms with Crippen LogP contribution in [0, 0.1) is 0 Å². The van der Waals surface area contributed by atoms with Gasteiger partial charge in [-0.1, -0.05) is 38.1 Å². The predicted octanol–water partition coefficient (Wildman–Crippen LogP) is 2.90. The molecule has 0 saturated heterocycles. The van der Waals surface area contributed by atoms with Crippen LogP contribution >= 0.6 is 0 Å². The zero-order valence-corrected chi connectivity index (χ0v) is 9.77. The summed E-state index contributed by atoms with van der Waals surface area (Å²) >= 11 is 0. The molecule has 0 aliphatic heterocycles. The van der Waals surface area contributed by atoms with E-state index >= 15 is 0 Å². The molecule has 1 heterocycles. The van der Waals surface area contributed by atoms with Crippen LogP contribution in [0.1, 0.15) is 35.7 Å². The van der Waals surface area contributed by atoms with Crippen molar-refractivity contribution in [3.05, 3.63) is 41.6 Å². The van der Waals surface area contributed by atoms with Crippen molar-refractivity contribution < 1.29 is 9.90 Å². The Balaban J connectivity index is 2.60. The standard InChI is InChI=1S/C13H14N2O2/c1-8(2)9-5-3-4-6-10(9)12-11(13(16)17)7-14-15-12/h3-8H,1-2H3,(H,14,15)(H,16,17). The van der Waals surface area contributed by atoms with Crippen molar-refractivity contribution >= 4 is 5.97 Å². The van der Waals surface area contributed by atoms with E-state index in [9.17, 15) is 4.79 Å². The summed E-state index contributed by atoms with van der Waals surface area (Å²) < 4.78 is 0. The molecule has 0 atom stereocenters. The van der Waals surface area contributed by atoms with Crippen molar-refractivity contribution in [3.63, 3.8) is 0 Å². The number of aromatic amines is 1. The Morgan fingerprint density at radius 1 is 1.35 bits per heavy atom. The maximum absolute atomic E-state index is 11.1. The molecule has 1 aromatic carbocycles. The lowest BCUT2D eigenvalue weighted by Gasteiger charge is -2.11. The second kappa shape index (κ2) is 4.41. The molecule has 2 N–H and O–H groups in total. The van der Waals surface area contributed by atoms with Crippen LogP contribution in [-0.2, 0) is 0 Å². The first kappa shape index (κ1) is 11.4. The van der Waals surface area contributed by atoms with Crippen LogP contribution in [0.25, 0.3) is 11.3 Å². The van der Waals surface area contributed by atoms with Gasteiger partial charge < -0.3 is 5.11 Å². The van der Waals surface area contributed by atoms with Crippen LogP contribution < -0.4 is 0 Å². The molecule has 17 heavy (non-hydrogen) atoms. The Bertz CT molecular complexity index is 544. The summed E-state index contributed by atoms with van der Waals surface area (Å²) in [5.74, 6) is -0.636. The minimum atomic E-state index is -0.965. The average molecular weight is 230 g/mol. The van der Waals surface area contributed by atoms with E-state index in [0.717, 1.165) is 11.1 Å². The first-order chi connectivity index (χ1) is 8.11. The molecule has 0 saturated carbocycles. The quantitative estimate of drug-likeness (QED) is 0.852. The lowest BCUT2D eigenvalue weighted by atomic mass is 9.94. The van der Waals surface area contributed by atoms with E-state index in [-0.39, 0.29) is 5.56 Å². The Hall–Kier alpha value is -2.10. The predicted molar refractivity (Wildman–Crippen MR) is 65.1 cm³/mol. The molecule has 4 heteroatoms. The average Bonchev–Trinajstić information content (AvgIpc) is 2.77. The van der Waals surface area contributed by atoms with Gasteiger partial charge in [-0.3, -0.25) is 5.10 Å². The number of rotatable bonds is 3. The largest absolute Gasteiger partial charge is 0.478 e. The Kier molecular flexibility index (Phi) is 2.95. The highest BCUT2D eigenvalue weighted by Crippen LogP contribution is 2.29. The fraction of sp³-hybridized carbons (Fsp3) is 0.231. The van der Waals surface area contributed by atoms with Crippen molar-refractivity contribution in [2.75, 3.05) is 0 Å². The van der Waals surface area contributed by atoms with Gasteiger partial charge in [0.2, 0.25) is 0 Å². The van der Waals surface area contributed by atoms with Gasteiger partial charge in [-0.2, -0.15) is 5.10 Å². The van der Waals surface area contributed by atoms with Gasteiger partial charge in [-0.15, -0.1) is 0 Å². The number of benzene rings is 1. The van der Waals surface area contributed by atoms with Crippen LogP contribution in [-0.4, -0.2) is 21.3 Å². The van der Waals surface area contributed by atoms with Gasteiger partial charge in [-0.05, 0) is 11.5 Å². The first-order valence-corrected chi connectivity index (χ1v) is 5.47. The van der Waals surface area contributed by atoms with Crippen molar-refractivity contribution in [1.29, 1.82) is 0 Å². The van der Waals surface area contributed by atoms with Gasteiger partial charge in [-0.25, -0.2) is 4.79 Å². The van der Waals surface area contributed by atoms with Gasteiger partial charge in [0, 0.05) is 5.56 Å². The molecule has 0 fully saturated rings. The van der Waals surface area contributed by atoms with Gasteiger partial charge in [0.15, 0.2) is 0 Å². The highest BCUT2D eigenvalue weighted by Gasteiger charge is 2.17. The van der Waals surface area contributed by atoms with Gasteiger partial charge in [0.1, 0.15) is 5.56 Å². The fourth-order valence-electron chi connectivity index (χ4n) is 1.88. The van der Waals surface area contributed by atoms with Crippen molar-refractivity contribution in [1.82, 2.24) is 10.2 Å². The summed E-state index contributed by atoms with van der Waals surface area (Å²) in [6, 6.07) is 7.77. The summed E-state index contributed by atoms with van der Waals surface area (Å²) in [4.78, 5) is 11.1. The number of H-pyrrole nitrogens is 1. The monoisotopic (exact) mass is 230 g/mol. The van der Waals surface area contributed by atoms with Crippen LogP contribution in [0.3, 0.4) is 0 Å². The molecular formula is C13H14N2O2. The SMILES string of the molecule is CC(C)c1ccccc1-c1[nH]ncc1C(=O)O. The molecular weight excluding hydrogens is 216 g/mol. The molecule has 4 nitrogen and oxygen atoms in total. The molecule has 88 valence electrons. The van der Waals surface area contributed by atoms with E-state index < -0.39 is 5.97 Å². The van der Waals surface area contributed by atoms with Crippen molar-refractivity contribution in [2.24, 2.45) is 0 Å². The number of carbonyl (C=O) groups is 1. The highest BCUT2D eigenvalue weighted by atomic mass is 16.4. The van der Waals surface area contributed by atoms with E-state index in [1.165, 1.54) is 6.20 Å². The third kappa shape index (κ3) is 2.06. The topological polar surface area (TPSA) is 66.0 Å². The molecule has 0 amide bonds. The summed E-state index contributed by atoms with van der Waals surface area (Å²) in [6.45, 7) is 4.16. The second-order valence-corrected chi connectivity index (χ2v) is 4.21. The third-order valence-electron chi connectivity index (χ3n) is 2.72. The minimum Gasteiger partial charge on any atom is -0.478 e. The Morgan fingerprint density at radius 2 is 2.06 bits per heavy atom. The van der Waals surface area contributed by atoms with Crippen LogP contribution in [0.4, 0.5) is 0 Å². The number of nitrogens with zero attached hydrogens (tertiary/aromatic N) is 1. The summed E-state index contributed by atoms with van der Waals surface area (Å²) in [5.41, 5.74) is 2.79. The van der Waals surface area contributed by atoms with Crippen molar-refractivity contribution in [2.45, 2.75) is 19.8 Å². The molecule has 0 unspecified atom stereocenters. The molecule has 1 aromatic heterocycles. The third-order valence-corrected chi connectivity index (χ3v) is 2.72. The highest BCUT2D eigenvalue weighted by molar-refractivity contribution is 5.95. The van der Waals surface area contributed by atoms with E-state index in [0.29, 0.717) is 11.6 Å². The minimum absolute atomic E-state index is 0.207. The molecule has 0 aliphatic rings. The zero-order chi connectivity index (χ0) is 12.4. The van der Waals surface area contributed by atoms with Crippen molar-refractivity contribution in [3.8, 4) is 11.3 Å². The van der Waals surface area contributed by atoms with E-state index in [1.54, 1.807) is 0 Å². The summed E-state index contributed by atoms with van der Waals surface area (Å²) in [5, 5.41) is 15.7. The molecule has 2 rings (SSSR count). The first-order valence-electron chi connectivity index (χ1n) is 5.47. The maximum atomic E-state index is 11.1. The number of hydrogen-bond donors (Lipinski definition) is 2. The molecule has 0 bridgehead atoms. The smallest absolute Gasteiger partial charge is 0.339 e. The van der Waals surface area contributed by atoms with E-state index in [4.69, 9.17) is 5.11 Å². The number of aromatic carboxylic acids is 1. The molecule has 2 aromatic rings. The molecule has 0 spiro atoms. The number of hydrogen-bond acceptors (Lipinski definition) is 2. The zero-order valence-electron chi connectivity index (χ0n) is 9.77. The van der Waals surface area contributed by atoms with Crippen LogP contribution in [0.2, 0.25) is 0 Å². The second-order valence-electron chi connectivity index (χ2n) is 4.21. The lowest BCUT2D eigenvalue weighted by Crippen LogP contribution is -1.99. The number of nitrogens with one attached hydrogen (secondary N) is 1. The Labute approximate surface area is 99.3 Å². The maximum Gasteiger partial charge on any atom is 0.339 e. The number of aromatic nitrogens is 2. The van der Waals surface area contributed by atoms with E-state index in [1.807, 2.05) is 24.3 Å². The van der Waals surface area contributed by atoms with E-state index in [2.05, 4.69) is 24.0 Å². The van der Waals surface area contributed by atoms with Crippen LogP contribution in [0.15, 0.2) is 30.5 Å². The van der Waals surface area contributed by atoms with Crippen LogP contribution in [0.5, 0.6) is 0 Å². The molecule has 0 aliphatic carbocycles. The Morgan fingerprint density at radius 3 is 2.71 bits per heavy atom. The van der Waals surface area contributed by atoms with Gasteiger partial charge >= 0.3 is 5.97 Å². The molecule has 0 radical (unpaired) electrons. The number of carboxylic acids is 1. The lowest BCUT2D eigenvalue weighted by molar-refractivity contribution is 0.0698.